The fraction of sp³-hybridized carbons (Fsp3) is 0.250. The van der Waals surface area contributed by atoms with Crippen LogP contribution in [0, 0.1) is 0 Å². The lowest BCUT2D eigenvalue weighted by molar-refractivity contribution is -0.154. The number of hydrogen-bond acceptors (Lipinski definition) is 7. The SMILES string of the molecule is CC1(C)OC2C(COC(c3ccccc3)(c3ccccc3)c3ccccc3)=C(F)C(Oc3nccc(N)n3)C2O1. The molecule has 1 aromatic heterocycles. The first-order valence-corrected chi connectivity index (χ1v) is 13.2. The highest BCUT2D eigenvalue weighted by Gasteiger charge is 2.56. The minimum atomic E-state index is -1.12. The summed E-state index contributed by atoms with van der Waals surface area (Å²) in [5, 5.41) is 0. The highest BCUT2D eigenvalue weighted by atomic mass is 19.1. The molecule has 0 radical (unpaired) electrons. The van der Waals surface area contributed by atoms with Crippen molar-refractivity contribution >= 4 is 5.82 Å². The van der Waals surface area contributed by atoms with E-state index in [0.717, 1.165) is 16.7 Å². The summed E-state index contributed by atoms with van der Waals surface area (Å²) < 4.78 is 41.3. The number of aromatic nitrogens is 2. The van der Waals surface area contributed by atoms with Crippen molar-refractivity contribution in [3.05, 3.63) is 131 Å². The van der Waals surface area contributed by atoms with Gasteiger partial charge in [-0.25, -0.2) is 9.37 Å². The summed E-state index contributed by atoms with van der Waals surface area (Å²) in [7, 11) is 0. The van der Waals surface area contributed by atoms with Gasteiger partial charge in [0.2, 0.25) is 0 Å². The van der Waals surface area contributed by atoms with Gasteiger partial charge >= 0.3 is 6.01 Å². The number of halogens is 1. The van der Waals surface area contributed by atoms with Gasteiger partial charge in [-0.1, -0.05) is 91.0 Å². The molecule has 204 valence electrons. The van der Waals surface area contributed by atoms with Crippen molar-refractivity contribution in [1.29, 1.82) is 0 Å². The monoisotopic (exact) mass is 539 g/mol. The minimum absolute atomic E-state index is 0.0402. The second-order valence-electron chi connectivity index (χ2n) is 10.3. The maximum atomic E-state index is 16.2. The highest BCUT2D eigenvalue weighted by molar-refractivity contribution is 5.48. The molecule has 1 fully saturated rings. The quantitative estimate of drug-likeness (QED) is 0.293. The molecule has 1 aliphatic heterocycles. The van der Waals surface area contributed by atoms with Crippen molar-refractivity contribution in [1.82, 2.24) is 9.97 Å². The van der Waals surface area contributed by atoms with Crippen molar-refractivity contribution in [2.75, 3.05) is 12.3 Å². The van der Waals surface area contributed by atoms with Crippen LogP contribution in [0.4, 0.5) is 10.2 Å². The Morgan fingerprint density at radius 2 is 1.40 bits per heavy atom. The van der Waals surface area contributed by atoms with Gasteiger partial charge in [-0.15, -0.1) is 0 Å². The molecular weight excluding hydrogens is 509 g/mol. The van der Waals surface area contributed by atoms with Crippen molar-refractivity contribution < 1.29 is 23.3 Å². The van der Waals surface area contributed by atoms with Crippen LogP contribution in [0.1, 0.15) is 30.5 Å². The van der Waals surface area contributed by atoms with Gasteiger partial charge < -0.3 is 24.7 Å². The van der Waals surface area contributed by atoms with Gasteiger partial charge in [-0.3, -0.25) is 0 Å². The van der Waals surface area contributed by atoms with E-state index >= 15 is 4.39 Å². The summed E-state index contributed by atoms with van der Waals surface area (Å²) >= 11 is 0. The molecule has 4 aromatic rings. The lowest BCUT2D eigenvalue weighted by Crippen LogP contribution is -2.36. The first-order chi connectivity index (χ1) is 19.4. The number of nitrogens with zero attached hydrogens (tertiary/aromatic N) is 2. The summed E-state index contributed by atoms with van der Waals surface area (Å²) in [5.74, 6) is -1.26. The summed E-state index contributed by atoms with van der Waals surface area (Å²) in [4.78, 5) is 8.17. The van der Waals surface area contributed by atoms with Crippen LogP contribution in [0.2, 0.25) is 0 Å². The molecule has 7 nitrogen and oxygen atoms in total. The second-order valence-corrected chi connectivity index (χ2v) is 10.3. The Bertz CT molecular complexity index is 1400. The van der Waals surface area contributed by atoms with Crippen LogP contribution >= 0.6 is 0 Å². The van der Waals surface area contributed by atoms with E-state index in [0.29, 0.717) is 5.57 Å². The largest absolute Gasteiger partial charge is 0.450 e. The van der Waals surface area contributed by atoms with E-state index in [1.165, 1.54) is 12.3 Å². The standard InChI is InChI=1S/C32H30FN3O4/c1-31(2)39-27-24(26(33)28(29(27)40-31)38-30-35-19-18-25(34)36-30)20-37-32(21-12-6-3-7-13-21,22-14-8-4-9-15-22)23-16-10-5-11-17-23/h3-19,27-29H,20H2,1-2H3,(H2,34,35,36). The van der Waals surface area contributed by atoms with E-state index in [1.54, 1.807) is 13.8 Å². The fourth-order valence-electron chi connectivity index (χ4n) is 5.49. The molecule has 3 atom stereocenters. The third kappa shape index (κ3) is 4.75. The van der Waals surface area contributed by atoms with Crippen LogP contribution in [-0.2, 0) is 19.8 Å². The Hall–Kier alpha value is -4.11. The summed E-state index contributed by atoms with van der Waals surface area (Å²) in [6.07, 6.45) is -1.13. The molecule has 6 rings (SSSR count). The molecule has 2 N–H and O–H groups in total. The Labute approximate surface area is 232 Å². The van der Waals surface area contributed by atoms with Crippen LogP contribution in [0.25, 0.3) is 0 Å². The van der Waals surface area contributed by atoms with Gasteiger partial charge in [0.15, 0.2) is 11.9 Å². The van der Waals surface area contributed by atoms with Crippen molar-refractivity contribution in [2.24, 2.45) is 0 Å². The molecule has 0 bridgehead atoms. The third-order valence-corrected chi connectivity index (χ3v) is 7.20. The van der Waals surface area contributed by atoms with E-state index in [-0.39, 0.29) is 18.4 Å². The van der Waals surface area contributed by atoms with E-state index in [4.69, 9.17) is 24.7 Å². The zero-order chi connectivity index (χ0) is 27.7. The molecule has 40 heavy (non-hydrogen) atoms. The molecule has 1 saturated heterocycles. The average Bonchev–Trinajstić information content (AvgIpc) is 3.40. The van der Waals surface area contributed by atoms with Crippen molar-refractivity contribution in [3.63, 3.8) is 0 Å². The molecule has 2 heterocycles. The number of fused-ring (bicyclic) bond motifs is 1. The summed E-state index contributed by atoms with van der Waals surface area (Å²) in [5.41, 5.74) is 7.81. The zero-order valence-electron chi connectivity index (χ0n) is 22.2. The highest BCUT2D eigenvalue weighted by Crippen LogP contribution is 2.46. The number of nitrogens with two attached hydrogens (primary N) is 1. The van der Waals surface area contributed by atoms with E-state index < -0.39 is 35.5 Å². The van der Waals surface area contributed by atoms with Gasteiger partial charge in [0.05, 0.1) is 6.61 Å². The molecular formula is C32H30FN3O4. The lowest BCUT2D eigenvalue weighted by Gasteiger charge is -2.36. The number of benzene rings is 3. The summed E-state index contributed by atoms with van der Waals surface area (Å²) in [6.45, 7) is 3.50. The lowest BCUT2D eigenvalue weighted by atomic mass is 9.80. The van der Waals surface area contributed by atoms with Crippen LogP contribution < -0.4 is 10.5 Å². The van der Waals surface area contributed by atoms with E-state index in [1.807, 2.05) is 91.0 Å². The molecule has 0 amide bonds. The van der Waals surface area contributed by atoms with Gasteiger partial charge in [0.1, 0.15) is 29.5 Å². The Kier molecular flexibility index (Phi) is 6.83. The zero-order valence-corrected chi connectivity index (χ0v) is 22.2. The van der Waals surface area contributed by atoms with Crippen LogP contribution in [0.15, 0.2) is 115 Å². The van der Waals surface area contributed by atoms with Crippen molar-refractivity contribution in [3.8, 4) is 6.01 Å². The third-order valence-electron chi connectivity index (χ3n) is 7.20. The normalized spacial score (nSPS) is 21.8. The predicted molar refractivity (Wildman–Crippen MR) is 148 cm³/mol. The predicted octanol–water partition coefficient (Wildman–Crippen LogP) is 5.57. The topological polar surface area (TPSA) is 88.7 Å². The Morgan fingerprint density at radius 3 is 1.93 bits per heavy atom. The molecule has 3 aromatic carbocycles. The molecule has 0 saturated carbocycles. The van der Waals surface area contributed by atoms with Crippen molar-refractivity contribution in [2.45, 2.75) is 43.5 Å². The first kappa shape index (κ1) is 26.1. The van der Waals surface area contributed by atoms with E-state index in [9.17, 15) is 0 Å². The second kappa shape index (κ2) is 10.5. The first-order valence-electron chi connectivity index (χ1n) is 13.2. The maximum absolute atomic E-state index is 16.2. The van der Waals surface area contributed by atoms with Gasteiger partial charge in [0, 0.05) is 11.8 Å². The fourth-order valence-corrected chi connectivity index (χ4v) is 5.49. The van der Waals surface area contributed by atoms with Crippen LogP contribution in [0.5, 0.6) is 6.01 Å². The molecule has 0 spiro atoms. The number of anilines is 1. The molecule has 8 heteroatoms. The van der Waals surface area contributed by atoms with Gasteiger partial charge in [-0.2, -0.15) is 4.98 Å². The van der Waals surface area contributed by atoms with Gasteiger partial charge in [0.25, 0.3) is 0 Å². The number of hydrogen-bond donors (Lipinski definition) is 1. The Morgan fingerprint density at radius 1 is 0.850 bits per heavy atom. The molecule has 2 aliphatic rings. The average molecular weight is 540 g/mol. The van der Waals surface area contributed by atoms with Crippen LogP contribution in [-0.4, -0.2) is 40.7 Å². The molecule has 1 aliphatic carbocycles. The van der Waals surface area contributed by atoms with Crippen LogP contribution in [0.3, 0.4) is 0 Å². The summed E-state index contributed by atoms with van der Waals surface area (Å²) in [6, 6.07) is 31.3. The minimum Gasteiger partial charge on any atom is -0.450 e. The molecule has 3 unspecified atom stereocenters. The number of nitrogen functional groups attached to an aromatic ring is 1. The Balaban J connectivity index is 1.42. The maximum Gasteiger partial charge on any atom is 0.319 e. The smallest absolute Gasteiger partial charge is 0.319 e. The van der Waals surface area contributed by atoms with E-state index in [2.05, 4.69) is 9.97 Å². The number of ether oxygens (including phenoxy) is 4. The number of rotatable bonds is 8. The van der Waals surface area contributed by atoms with Gasteiger partial charge in [-0.05, 0) is 36.6 Å².